The molecule has 132 valence electrons. The summed E-state index contributed by atoms with van der Waals surface area (Å²) in [4.78, 5) is 41.5. The Morgan fingerprint density at radius 3 is 2.84 bits per heavy atom. The zero-order valence-corrected chi connectivity index (χ0v) is 14.7. The van der Waals surface area contributed by atoms with Gasteiger partial charge in [-0.3, -0.25) is 19.3 Å². The van der Waals surface area contributed by atoms with Crippen LogP contribution in [0.4, 0.5) is 0 Å². The van der Waals surface area contributed by atoms with Crippen molar-refractivity contribution in [2.24, 2.45) is 0 Å². The zero-order valence-electron chi connectivity index (χ0n) is 14.7. The van der Waals surface area contributed by atoms with Gasteiger partial charge in [0.2, 0.25) is 17.7 Å². The second kappa shape index (κ2) is 5.97. The fourth-order valence-electron chi connectivity index (χ4n) is 4.75. The molecule has 0 saturated carbocycles. The Morgan fingerprint density at radius 1 is 1.24 bits per heavy atom. The van der Waals surface area contributed by atoms with Crippen molar-refractivity contribution in [2.75, 3.05) is 13.1 Å². The Balaban J connectivity index is 1.56. The second-order valence-corrected chi connectivity index (χ2v) is 7.63. The molecule has 2 saturated heterocycles. The van der Waals surface area contributed by atoms with Crippen molar-refractivity contribution in [2.45, 2.75) is 56.9 Å². The molecule has 0 aromatic heterocycles. The van der Waals surface area contributed by atoms with Gasteiger partial charge in [0.1, 0.15) is 6.54 Å². The lowest BCUT2D eigenvalue weighted by molar-refractivity contribution is -0.147. The van der Waals surface area contributed by atoms with Gasteiger partial charge in [-0.2, -0.15) is 0 Å². The van der Waals surface area contributed by atoms with E-state index in [1.165, 1.54) is 4.90 Å². The summed E-state index contributed by atoms with van der Waals surface area (Å²) >= 11 is 0. The van der Waals surface area contributed by atoms with Crippen LogP contribution in [0.5, 0.6) is 0 Å². The van der Waals surface area contributed by atoms with Gasteiger partial charge in [-0.05, 0) is 50.2 Å². The van der Waals surface area contributed by atoms with E-state index in [0.717, 1.165) is 43.4 Å². The lowest BCUT2D eigenvalue weighted by Gasteiger charge is -2.34. The highest BCUT2D eigenvalue weighted by Crippen LogP contribution is 2.46. The number of hydrogen-bond donors (Lipinski definition) is 0. The number of aryl methyl sites for hydroxylation is 1. The molecule has 1 aliphatic carbocycles. The molecule has 25 heavy (non-hydrogen) atoms. The molecular formula is C20H24N2O3. The van der Waals surface area contributed by atoms with Crippen LogP contribution in [-0.4, -0.2) is 46.7 Å². The van der Waals surface area contributed by atoms with Crippen LogP contribution in [0, 0.1) is 0 Å². The maximum atomic E-state index is 13.1. The molecule has 2 heterocycles. The predicted octanol–water partition coefficient (Wildman–Crippen LogP) is 2.03. The molecule has 0 radical (unpaired) electrons. The number of rotatable bonds is 2. The Kier molecular flexibility index (Phi) is 3.89. The van der Waals surface area contributed by atoms with Crippen molar-refractivity contribution in [3.8, 4) is 0 Å². The maximum Gasteiger partial charge on any atom is 0.242 e. The van der Waals surface area contributed by atoms with E-state index in [4.69, 9.17) is 0 Å². The van der Waals surface area contributed by atoms with Gasteiger partial charge in [-0.1, -0.05) is 24.3 Å². The number of carbonyl (C=O) groups excluding carboxylic acids is 3. The third kappa shape index (κ3) is 2.48. The van der Waals surface area contributed by atoms with Crippen LogP contribution < -0.4 is 0 Å². The quantitative estimate of drug-likeness (QED) is 0.774. The smallest absolute Gasteiger partial charge is 0.242 e. The molecular weight excluding hydrogens is 316 g/mol. The van der Waals surface area contributed by atoms with Crippen LogP contribution in [0.2, 0.25) is 0 Å². The minimum atomic E-state index is -0.735. The van der Waals surface area contributed by atoms with E-state index in [9.17, 15) is 14.4 Å². The second-order valence-electron chi connectivity index (χ2n) is 7.63. The van der Waals surface area contributed by atoms with Gasteiger partial charge >= 0.3 is 0 Å². The highest BCUT2D eigenvalue weighted by atomic mass is 16.2. The molecule has 4 rings (SSSR count). The highest BCUT2D eigenvalue weighted by molar-refractivity contribution is 6.11. The lowest BCUT2D eigenvalue weighted by Crippen LogP contribution is -2.49. The molecule has 1 spiro atoms. The van der Waals surface area contributed by atoms with Gasteiger partial charge in [0.15, 0.2) is 0 Å². The van der Waals surface area contributed by atoms with Gasteiger partial charge in [0, 0.05) is 19.0 Å². The van der Waals surface area contributed by atoms with Crippen LogP contribution in [0.15, 0.2) is 24.3 Å². The number of imide groups is 1. The fourth-order valence-corrected chi connectivity index (χ4v) is 4.75. The Hall–Kier alpha value is -2.17. The van der Waals surface area contributed by atoms with Crippen LogP contribution in [0.1, 0.15) is 50.2 Å². The average molecular weight is 340 g/mol. The molecule has 2 atom stereocenters. The van der Waals surface area contributed by atoms with E-state index in [1.54, 1.807) is 0 Å². The Bertz CT molecular complexity index is 744. The molecule has 1 aromatic rings. The minimum Gasteiger partial charge on any atom is -0.338 e. The van der Waals surface area contributed by atoms with Gasteiger partial charge in [-0.25, -0.2) is 0 Å². The zero-order chi connectivity index (χ0) is 17.6. The predicted molar refractivity (Wildman–Crippen MR) is 92.8 cm³/mol. The number of nitrogens with zero attached hydrogens (tertiary/aromatic N) is 2. The molecule has 3 aliphatic rings. The first-order valence-corrected chi connectivity index (χ1v) is 9.25. The van der Waals surface area contributed by atoms with Crippen molar-refractivity contribution in [3.05, 3.63) is 35.4 Å². The first-order valence-electron chi connectivity index (χ1n) is 9.25. The number of benzene rings is 1. The summed E-state index contributed by atoms with van der Waals surface area (Å²) in [5.41, 5.74) is 1.40. The fraction of sp³-hybridized carbons (Fsp3) is 0.550. The first-order chi connectivity index (χ1) is 12.0. The highest BCUT2D eigenvalue weighted by Gasteiger charge is 2.55. The van der Waals surface area contributed by atoms with Crippen molar-refractivity contribution >= 4 is 17.7 Å². The number of hydrogen-bond acceptors (Lipinski definition) is 3. The molecule has 5 heteroatoms. The molecule has 2 fully saturated rings. The topological polar surface area (TPSA) is 57.7 Å². The number of amides is 3. The molecule has 1 aromatic carbocycles. The van der Waals surface area contributed by atoms with Crippen LogP contribution in [0.3, 0.4) is 0 Å². The summed E-state index contributed by atoms with van der Waals surface area (Å²) in [5.74, 6) is -0.489. The maximum absolute atomic E-state index is 13.1. The van der Waals surface area contributed by atoms with Crippen molar-refractivity contribution < 1.29 is 14.4 Å². The van der Waals surface area contributed by atoms with Crippen LogP contribution >= 0.6 is 0 Å². The van der Waals surface area contributed by atoms with E-state index in [1.807, 2.05) is 36.1 Å². The van der Waals surface area contributed by atoms with Gasteiger partial charge in [0.05, 0.1) is 5.41 Å². The van der Waals surface area contributed by atoms with Crippen LogP contribution in [-0.2, 0) is 26.2 Å². The summed E-state index contributed by atoms with van der Waals surface area (Å²) in [7, 11) is 0. The van der Waals surface area contributed by atoms with E-state index in [2.05, 4.69) is 0 Å². The van der Waals surface area contributed by atoms with E-state index >= 15 is 0 Å². The number of carbonyl (C=O) groups is 3. The van der Waals surface area contributed by atoms with Gasteiger partial charge in [0.25, 0.3) is 0 Å². The number of fused-ring (bicyclic) bond motifs is 2. The third-order valence-corrected chi connectivity index (χ3v) is 6.18. The SMILES string of the molecule is C[C@H]1CCCCN1C(=O)CN1C(=O)C[C@]2(CCc3ccccc32)C1=O. The van der Waals surface area contributed by atoms with E-state index in [-0.39, 0.29) is 36.7 Å². The van der Waals surface area contributed by atoms with Gasteiger partial charge in [-0.15, -0.1) is 0 Å². The first kappa shape index (κ1) is 16.3. The molecule has 3 amide bonds. The summed E-state index contributed by atoms with van der Waals surface area (Å²) < 4.78 is 0. The molecule has 0 unspecified atom stereocenters. The Morgan fingerprint density at radius 2 is 2.04 bits per heavy atom. The number of likely N-dealkylation sites (tertiary alicyclic amines) is 2. The monoisotopic (exact) mass is 340 g/mol. The van der Waals surface area contributed by atoms with Gasteiger partial charge < -0.3 is 4.90 Å². The van der Waals surface area contributed by atoms with Crippen molar-refractivity contribution in [1.82, 2.24) is 9.80 Å². The summed E-state index contributed by atoms with van der Waals surface area (Å²) in [6, 6.07) is 8.08. The van der Waals surface area contributed by atoms with E-state index < -0.39 is 5.41 Å². The standard InChI is InChI=1S/C20H24N2O3/c1-14-6-4-5-11-21(14)18(24)13-22-17(23)12-20(19(22)25)10-9-15-7-2-3-8-16(15)20/h2-3,7-8,14H,4-6,9-13H2,1H3/t14-,20-/m0/s1. The van der Waals surface area contributed by atoms with E-state index in [0.29, 0.717) is 6.42 Å². The largest absolute Gasteiger partial charge is 0.338 e. The molecule has 2 aliphatic heterocycles. The summed E-state index contributed by atoms with van der Waals surface area (Å²) in [6.07, 6.45) is 4.81. The Labute approximate surface area is 148 Å². The summed E-state index contributed by atoms with van der Waals surface area (Å²) in [5, 5.41) is 0. The van der Waals surface area contributed by atoms with Crippen molar-refractivity contribution in [3.63, 3.8) is 0 Å². The average Bonchev–Trinajstić information content (AvgIpc) is 3.09. The minimum absolute atomic E-state index is 0.0998. The number of piperidine rings is 1. The summed E-state index contributed by atoms with van der Waals surface area (Å²) in [6.45, 7) is 2.66. The molecule has 0 N–H and O–H groups in total. The molecule has 0 bridgehead atoms. The molecule has 5 nitrogen and oxygen atoms in total. The van der Waals surface area contributed by atoms with Crippen molar-refractivity contribution in [1.29, 1.82) is 0 Å². The van der Waals surface area contributed by atoms with Crippen LogP contribution in [0.25, 0.3) is 0 Å². The lowest BCUT2D eigenvalue weighted by atomic mass is 9.80. The normalized spacial score (nSPS) is 28.8. The third-order valence-electron chi connectivity index (χ3n) is 6.18.